The highest BCUT2D eigenvalue weighted by molar-refractivity contribution is 5.95. The molecule has 2 rings (SSSR count). The smallest absolute Gasteiger partial charge is 0.257 e. The fraction of sp³-hybridized carbons (Fsp3) is 0.533. The summed E-state index contributed by atoms with van der Waals surface area (Å²) in [7, 11) is 0. The van der Waals surface area contributed by atoms with Crippen molar-refractivity contribution in [3.8, 4) is 0 Å². The Morgan fingerprint density at radius 3 is 2.08 bits per heavy atom. The van der Waals surface area contributed by atoms with E-state index in [9.17, 15) is 32.6 Å². The largest absolute Gasteiger partial charge is 0.394 e. The monoisotopic (exact) mass is 367 g/mol. The number of aliphatic hydroxyl groups excluding tert-OH is 3. The van der Waals surface area contributed by atoms with Crippen LogP contribution in [0.4, 0.5) is 17.6 Å². The molecule has 1 aromatic rings. The highest BCUT2D eigenvalue weighted by Crippen LogP contribution is 2.25. The fourth-order valence-electron chi connectivity index (χ4n) is 2.67. The van der Waals surface area contributed by atoms with Gasteiger partial charge in [0.1, 0.15) is 23.9 Å². The lowest BCUT2D eigenvalue weighted by atomic mass is 9.93. The minimum atomic E-state index is -1.87. The molecule has 0 aromatic heterocycles. The van der Waals surface area contributed by atoms with Gasteiger partial charge in [0.05, 0.1) is 18.8 Å². The molecular formula is C15H17F4NO5. The van der Waals surface area contributed by atoms with Crippen LogP contribution in [-0.2, 0) is 4.74 Å². The number of carbonyl (C=O) groups is 1. The SMILES string of the molecule is Cc1c(F)c(F)c(C(=O)NC2[C@@H](O)[C@@H](O)C(CO)O[C@@H]2C)c(F)c1F. The topological polar surface area (TPSA) is 99.0 Å². The molecule has 4 N–H and O–H groups in total. The van der Waals surface area contributed by atoms with Gasteiger partial charge in [-0.05, 0) is 13.8 Å². The predicted octanol–water partition coefficient (Wildman–Crippen LogP) is 0.151. The van der Waals surface area contributed by atoms with Crippen LogP contribution in [0.2, 0.25) is 0 Å². The van der Waals surface area contributed by atoms with Gasteiger partial charge in [0.2, 0.25) is 0 Å². The van der Waals surface area contributed by atoms with Gasteiger partial charge < -0.3 is 25.4 Å². The van der Waals surface area contributed by atoms with Crippen LogP contribution in [0.25, 0.3) is 0 Å². The molecule has 1 fully saturated rings. The van der Waals surface area contributed by atoms with Gasteiger partial charge in [0.25, 0.3) is 5.91 Å². The maximum absolute atomic E-state index is 13.9. The zero-order valence-corrected chi connectivity index (χ0v) is 13.3. The van der Waals surface area contributed by atoms with Gasteiger partial charge in [0.15, 0.2) is 23.3 Å². The van der Waals surface area contributed by atoms with E-state index in [1.54, 1.807) is 0 Å². The Kier molecular flexibility index (Phi) is 5.67. The van der Waals surface area contributed by atoms with Crippen molar-refractivity contribution in [1.29, 1.82) is 0 Å². The van der Waals surface area contributed by atoms with Gasteiger partial charge in [-0.1, -0.05) is 0 Å². The first kappa shape index (κ1) is 19.6. The zero-order chi connectivity index (χ0) is 19.0. The lowest BCUT2D eigenvalue weighted by Gasteiger charge is -2.41. The Labute approximate surface area is 140 Å². The Bertz CT molecular complexity index is 657. The molecule has 1 aliphatic rings. The number of nitrogens with one attached hydrogen (secondary N) is 1. The molecule has 0 radical (unpaired) electrons. The summed E-state index contributed by atoms with van der Waals surface area (Å²) in [5.74, 6) is -8.69. The Balaban J connectivity index is 2.32. The van der Waals surface area contributed by atoms with E-state index in [1.807, 2.05) is 5.32 Å². The summed E-state index contributed by atoms with van der Waals surface area (Å²) in [6, 6.07) is -1.34. The van der Waals surface area contributed by atoms with E-state index in [1.165, 1.54) is 6.92 Å². The molecule has 0 spiro atoms. The molecule has 1 saturated heterocycles. The molecule has 10 heteroatoms. The molecule has 1 amide bonds. The average Bonchev–Trinajstić information content (AvgIpc) is 2.58. The standard InChI is InChI=1S/C15H17F4NO5/c1-4-8(16)10(18)7(11(19)9(4)17)15(24)20-12-5(2)25-6(3-21)13(22)14(12)23/h5-6,12-14,21-23H,3H2,1-2H3,(H,20,24)/t5-,6?,12?,13+,14-/m1/s1. The first-order valence-electron chi connectivity index (χ1n) is 7.37. The van der Waals surface area contributed by atoms with Crippen molar-refractivity contribution in [3.05, 3.63) is 34.4 Å². The summed E-state index contributed by atoms with van der Waals surface area (Å²) < 4.78 is 60.1. The van der Waals surface area contributed by atoms with Crippen molar-refractivity contribution >= 4 is 5.91 Å². The van der Waals surface area contributed by atoms with Crippen molar-refractivity contribution < 1.29 is 42.4 Å². The van der Waals surface area contributed by atoms with Gasteiger partial charge in [-0.2, -0.15) is 0 Å². The maximum Gasteiger partial charge on any atom is 0.257 e. The number of aliphatic hydroxyl groups is 3. The second-order valence-electron chi connectivity index (χ2n) is 5.80. The van der Waals surface area contributed by atoms with E-state index in [0.29, 0.717) is 0 Å². The molecule has 0 bridgehead atoms. The molecule has 0 aliphatic carbocycles. The molecule has 140 valence electrons. The quantitative estimate of drug-likeness (QED) is 0.450. The van der Waals surface area contributed by atoms with E-state index >= 15 is 0 Å². The first-order valence-corrected chi connectivity index (χ1v) is 7.37. The number of hydrogen-bond acceptors (Lipinski definition) is 5. The molecule has 1 aliphatic heterocycles. The van der Waals surface area contributed by atoms with Crippen LogP contribution >= 0.6 is 0 Å². The van der Waals surface area contributed by atoms with Crippen molar-refractivity contribution in [2.45, 2.75) is 44.3 Å². The highest BCUT2D eigenvalue weighted by Gasteiger charge is 2.43. The third kappa shape index (κ3) is 3.34. The molecule has 0 saturated carbocycles. The molecule has 5 atom stereocenters. The van der Waals surface area contributed by atoms with Gasteiger partial charge >= 0.3 is 0 Å². The number of halogens is 4. The van der Waals surface area contributed by atoms with Crippen LogP contribution in [-0.4, -0.2) is 58.3 Å². The number of amides is 1. The van der Waals surface area contributed by atoms with Crippen LogP contribution in [0.3, 0.4) is 0 Å². The van der Waals surface area contributed by atoms with Gasteiger partial charge in [-0.25, -0.2) is 17.6 Å². The van der Waals surface area contributed by atoms with Gasteiger partial charge in [0, 0.05) is 5.56 Å². The van der Waals surface area contributed by atoms with Crippen LogP contribution in [0.1, 0.15) is 22.8 Å². The summed E-state index contributed by atoms with van der Waals surface area (Å²) in [5.41, 5.74) is -2.40. The lowest BCUT2D eigenvalue weighted by molar-refractivity contribution is -0.187. The minimum Gasteiger partial charge on any atom is -0.394 e. The minimum absolute atomic E-state index is 0.610. The van der Waals surface area contributed by atoms with E-state index < -0.39 is 77.4 Å². The van der Waals surface area contributed by atoms with Crippen LogP contribution < -0.4 is 5.32 Å². The average molecular weight is 367 g/mol. The molecule has 1 heterocycles. The molecule has 25 heavy (non-hydrogen) atoms. The number of carbonyl (C=O) groups excluding carboxylic acids is 1. The third-order valence-corrected chi connectivity index (χ3v) is 4.18. The van der Waals surface area contributed by atoms with Crippen molar-refractivity contribution in [2.75, 3.05) is 6.61 Å². The summed E-state index contributed by atoms with van der Waals surface area (Å²) in [4.78, 5) is 12.1. The van der Waals surface area contributed by atoms with Crippen LogP contribution in [0.15, 0.2) is 0 Å². The number of hydrogen-bond donors (Lipinski definition) is 4. The Hall–Kier alpha value is -1.75. The van der Waals surface area contributed by atoms with Crippen LogP contribution in [0.5, 0.6) is 0 Å². The van der Waals surface area contributed by atoms with Crippen molar-refractivity contribution in [3.63, 3.8) is 0 Å². The third-order valence-electron chi connectivity index (χ3n) is 4.18. The normalized spacial score (nSPS) is 29.6. The molecular weight excluding hydrogens is 350 g/mol. The highest BCUT2D eigenvalue weighted by atomic mass is 19.2. The van der Waals surface area contributed by atoms with Gasteiger partial charge in [-0.3, -0.25) is 4.79 Å². The first-order chi connectivity index (χ1) is 11.6. The fourth-order valence-corrected chi connectivity index (χ4v) is 2.67. The maximum atomic E-state index is 13.9. The molecule has 1 aromatic carbocycles. The van der Waals surface area contributed by atoms with Gasteiger partial charge in [-0.15, -0.1) is 0 Å². The molecule has 2 unspecified atom stereocenters. The Morgan fingerprint density at radius 2 is 1.60 bits per heavy atom. The molecule has 6 nitrogen and oxygen atoms in total. The van der Waals surface area contributed by atoms with E-state index in [4.69, 9.17) is 9.84 Å². The number of benzene rings is 1. The number of ether oxygens (including phenoxy) is 1. The summed E-state index contributed by atoms with van der Waals surface area (Å²) in [5, 5.41) is 30.8. The van der Waals surface area contributed by atoms with E-state index in [2.05, 4.69) is 0 Å². The zero-order valence-electron chi connectivity index (χ0n) is 13.3. The predicted molar refractivity (Wildman–Crippen MR) is 75.7 cm³/mol. The van der Waals surface area contributed by atoms with E-state index in [0.717, 1.165) is 6.92 Å². The second kappa shape index (κ2) is 7.24. The summed E-state index contributed by atoms with van der Waals surface area (Å²) in [6.07, 6.45) is -5.32. The van der Waals surface area contributed by atoms with Crippen LogP contribution in [0, 0.1) is 30.2 Å². The van der Waals surface area contributed by atoms with Crippen molar-refractivity contribution in [2.24, 2.45) is 0 Å². The van der Waals surface area contributed by atoms with E-state index in [-0.39, 0.29) is 0 Å². The van der Waals surface area contributed by atoms with Crippen molar-refractivity contribution in [1.82, 2.24) is 5.32 Å². The Morgan fingerprint density at radius 1 is 1.08 bits per heavy atom. The summed E-state index contributed by atoms with van der Waals surface area (Å²) in [6.45, 7) is 1.57. The summed E-state index contributed by atoms with van der Waals surface area (Å²) >= 11 is 0. The number of rotatable bonds is 3. The lowest BCUT2D eigenvalue weighted by Crippen LogP contribution is -2.63. The second-order valence-corrected chi connectivity index (χ2v) is 5.80.